The van der Waals surface area contributed by atoms with E-state index in [-0.39, 0.29) is 0 Å². The van der Waals surface area contributed by atoms with Crippen LogP contribution in [0.5, 0.6) is 0 Å². The van der Waals surface area contributed by atoms with Crippen molar-refractivity contribution in [2.45, 2.75) is 39.7 Å². The molecule has 1 aromatic heterocycles. The summed E-state index contributed by atoms with van der Waals surface area (Å²) in [5, 5.41) is 0. The molecule has 0 saturated heterocycles. The first-order valence-electron chi connectivity index (χ1n) is 4.31. The van der Waals surface area contributed by atoms with Crippen molar-refractivity contribution in [1.82, 2.24) is 9.55 Å². The highest BCUT2D eigenvalue weighted by atomic mass is 15.1. The van der Waals surface area contributed by atoms with Gasteiger partial charge in [0.25, 0.3) is 0 Å². The van der Waals surface area contributed by atoms with Crippen molar-refractivity contribution in [2.24, 2.45) is 0 Å². The van der Waals surface area contributed by atoms with Gasteiger partial charge in [-0.15, -0.1) is 0 Å². The maximum Gasteiger partial charge on any atom is 0.108 e. The summed E-state index contributed by atoms with van der Waals surface area (Å²) in [5.74, 6) is 1.19. The minimum absolute atomic E-state index is 0.590. The molecule has 0 amide bonds. The number of imidazole rings is 1. The maximum atomic E-state index is 4.27. The molecule has 0 aliphatic carbocycles. The third kappa shape index (κ3) is 1.62. The number of hydrogen-bond acceptors (Lipinski definition) is 1. The van der Waals surface area contributed by atoms with E-state index < -0.39 is 0 Å². The maximum absolute atomic E-state index is 4.27. The Morgan fingerprint density at radius 2 is 2.27 bits per heavy atom. The molecule has 1 aromatic rings. The number of hydrogen-bond donors (Lipinski definition) is 0. The lowest BCUT2D eigenvalue weighted by Crippen LogP contribution is -2.06. The molecule has 11 heavy (non-hydrogen) atoms. The Hall–Kier alpha value is -0.790. The quantitative estimate of drug-likeness (QED) is 0.650. The van der Waals surface area contributed by atoms with Crippen LogP contribution in [-0.2, 0) is 6.42 Å². The van der Waals surface area contributed by atoms with Crippen LogP contribution < -0.4 is 0 Å². The predicted molar refractivity (Wildman–Crippen MR) is 46.6 cm³/mol. The Morgan fingerprint density at radius 1 is 1.55 bits per heavy atom. The fourth-order valence-corrected chi connectivity index (χ4v) is 1.22. The summed E-state index contributed by atoms with van der Waals surface area (Å²) in [6, 6.07) is 0.590. The molecule has 0 radical (unpaired) electrons. The summed E-state index contributed by atoms with van der Waals surface area (Å²) in [6.07, 6.45) is 6.14. The van der Waals surface area contributed by atoms with E-state index in [1.54, 1.807) is 0 Å². The molecule has 0 aliphatic rings. The molecule has 1 heterocycles. The summed E-state index contributed by atoms with van der Waals surface area (Å²) in [5.41, 5.74) is 0. The van der Waals surface area contributed by atoms with E-state index in [0.29, 0.717) is 6.04 Å². The van der Waals surface area contributed by atoms with Crippen LogP contribution in [0.15, 0.2) is 12.4 Å². The highest BCUT2D eigenvalue weighted by molar-refractivity contribution is 4.93. The van der Waals surface area contributed by atoms with Gasteiger partial charge < -0.3 is 4.57 Å². The fraction of sp³-hybridized carbons (Fsp3) is 0.667. The van der Waals surface area contributed by atoms with E-state index >= 15 is 0 Å². The molecule has 0 saturated carbocycles. The van der Waals surface area contributed by atoms with Gasteiger partial charge in [0.2, 0.25) is 0 Å². The van der Waals surface area contributed by atoms with Gasteiger partial charge in [-0.3, -0.25) is 0 Å². The molecule has 0 spiro atoms. The molecule has 2 nitrogen and oxygen atoms in total. The molecule has 1 rings (SSSR count). The average molecular weight is 152 g/mol. The van der Waals surface area contributed by atoms with E-state index in [1.807, 2.05) is 6.20 Å². The van der Waals surface area contributed by atoms with Crippen LogP contribution in [0, 0.1) is 0 Å². The topological polar surface area (TPSA) is 17.8 Å². The Balaban J connectivity index is 2.83. The van der Waals surface area contributed by atoms with Crippen LogP contribution in [0.4, 0.5) is 0 Å². The van der Waals surface area contributed by atoms with Gasteiger partial charge in [-0.2, -0.15) is 0 Å². The predicted octanol–water partition coefficient (Wildman–Crippen LogP) is 2.42. The molecule has 0 bridgehead atoms. The van der Waals surface area contributed by atoms with Crippen molar-refractivity contribution < 1.29 is 0 Å². The summed E-state index contributed by atoms with van der Waals surface area (Å²) >= 11 is 0. The molecular weight excluding hydrogens is 136 g/mol. The second-order valence-electron chi connectivity index (χ2n) is 2.86. The first-order valence-corrected chi connectivity index (χ1v) is 4.31. The van der Waals surface area contributed by atoms with E-state index in [1.165, 1.54) is 12.2 Å². The lowest BCUT2D eigenvalue weighted by molar-refractivity contribution is 0.511. The van der Waals surface area contributed by atoms with Gasteiger partial charge in [-0.1, -0.05) is 13.8 Å². The second kappa shape index (κ2) is 3.56. The van der Waals surface area contributed by atoms with E-state index in [2.05, 4.69) is 36.5 Å². The van der Waals surface area contributed by atoms with Crippen LogP contribution in [0.25, 0.3) is 0 Å². The van der Waals surface area contributed by atoms with E-state index in [9.17, 15) is 0 Å². The zero-order chi connectivity index (χ0) is 8.27. The Labute approximate surface area is 68.3 Å². The minimum atomic E-state index is 0.590. The molecular formula is C9H16N2. The Morgan fingerprint density at radius 3 is 2.82 bits per heavy atom. The summed E-state index contributed by atoms with van der Waals surface area (Å²) in [4.78, 5) is 4.27. The number of aryl methyl sites for hydroxylation is 1. The van der Waals surface area contributed by atoms with Crippen molar-refractivity contribution in [1.29, 1.82) is 0 Å². The molecule has 1 unspecified atom stereocenters. The van der Waals surface area contributed by atoms with Crippen molar-refractivity contribution in [2.75, 3.05) is 0 Å². The van der Waals surface area contributed by atoms with Gasteiger partial charge in [0.15, 0.2) is 0 Å². The zero-order valence-electron chi connectivity index (χ0n) is 7.54. The number of rotatable bonds is 3. The molecule has 0 aromatic carbocycles. The molecule has 2 heteroatoms. The van der Waals surface area contributed by atoms with E-state index in [0.717, 1.165) is 6.42 Å². The van der Waals surface area contributed by atoms with Gasteiger partial charge in [-0.05, 0) is 13.3 Å². The van der Waals surface area contributed by atoms with Crippen molar-refractivity contribution in [3.63, 3.8) is 0 Å². The zero-order valence-corrected chi connectivity index (χ0v) is 7.54. The monoisotopic (exact) mass is 152 g/mol. The number of nitrogens with zero attached hydrogens (tertiary/aromatic N) is 2. The standard InChI is InChI=1S/C9H16N2/c1-4-8(3)11-7-6-10-9(11)5-2/h6-8H,4-5H2,1-3H3. The summed E-state index contributed by atoms with van der Waals surface area (Å²) in [6.45, 7) is 6.56. The van der Waals surface area contributed by atoms with Gasteiger partial charge in [0.05, 0.1) is 0 Å². The SMILES string of the molecule is CCc1nccn1C(C)CC. The van der Waals surface area contributed by atoms with Crippen LogP contribution in [0.2, 0.25) is 0 Å². The lowest BCUT2D eigenvalue weighted by atomic mass is 10.2. The highest BCUT2D eigenvalue weighted by Gasteiger charge is 2.04. The average Bonchev–Trinajstić information content (AvgIpc) is 2.50. The van der Waals surface area contributed by atoms with Crippen LogP contribution >= 0.6 is 0 Å². The smallest absolute Gasteiger partial charge is 0.108 e. The molecule has 0 aliphatic heterocycles. The van der Waals surface area contributed by atoms with Crippen molar-refractivity contribution in [3.8, 4) is 0 Å². The minimum Gasteiger partial charge on any atom is -0.332 e. The van der Waals surface area contributed by atoms with Gasteiger partial charge in [-0.25, -0.2) is 4.98 Å². The first-order chi connectivity index (χ1) is 5.29. The summed E-state index contributed by atoms with van der Waals surface area (Å²) in [7, 11) is 0. The number of aromatic nitrogens is 2. The van der Waals surface area contributed by atoms with E-state index in [4.69, 9.17) is 0 Å². The first kappa shape index (κ1) is 8.31. The Bertz CT molecular complexity index is 215. The molecule has 1 atom stereocenters. The van der Waals surface area contributed by atoms with Crippen molar-refractivity contribution in [3.05, 3.63) is 18.2 Å². The van der Waals surface area contributed by atoms with Gasteiger partial charge in [0.1, 0.15) is 5.82 Å². The van der Waals surface area contributed by atoms with Crippen LogP contribution in [0.1, 0.15) is 39.1 Å². The third-order valence-corrected chi connectivity index (χ3v) is 2.13. The molecule has 0 fully saturated rings. The van der Waals surface area contributed by atoms with Crippen molar-refractivity contribution >= 4 is 0 Å². The third-order valence-electron chi connectivity index (χ3n) is 2.13. The van der Waals surface area contributed by atoms with Crippen LogP contribution in [0.3, 0.4) is 0 Å². The largest absolute Gasteiger partial charge is 0.332 e. The highest BCUT2D eigenvalue weighted by Crippen LogP contribution is 2.12. The van der Waals surface area contributed by atoms with Crippen LogP contribution in [-0.4, -0.2) is 9.55 Å². The van der Waals surface area contributed by atoms with Gasteiger partial charge >= 0.3 is 0 Å². The normalized spacial score (nSPS) is 13.4. The molecule has 0 N–H and O–H groups in total. The summed E-state index contributed by atoms with van der Waals surface area (Å²) < 4.78 is 2.25. The Kier molecular flexibility index (Phi) is 2.69. The van der Waals surface area contributed by atoms with Gasteiger partial charge in [0, 0.05) is 24.9 Å². The fourth-order valence-electron chi connectivity index (χ4n) is 1.22. The second-order valence-corrected chi connectivity index (χ2v) is 2.86. The lowest BCUT2D eigenvalue weighted by Gasteiger charge is -2.12. The molecule has 62 valence electrons.